The van der Waals surface area contributed by atoms with Crippen molar-refractivity contribution in [2.75, 3.05) is 26.2 Å². The summed E-state index contributed by atoms with van der Waals surface area (Å²) >= 11 is 0. The summed E-state index contributed by atoms with van der Waals surface area (Å²) in [7, 11) is 0. The van der Waals surface area contributed by atoms with Crippen molar-refractivity contribution in [2.24, 2.45) is 5.92 Å². The molecular weight excluding hydrogens is 311 g/mol. The molecule has 130 valence electrons. The number of ether oxygens (including phenoxy) is 1. The second-order valence-electron chi connectivity index (χ2n) is 6.50. The fraction of sp³-hybridized carbons (Fsp3) is 0.556. The summed E-state index contributed by atoms with van der Waals surface area (Å²) in [6.45, 7) is 2.30. The molecule has 0 aromatic heterocycles. The first kappa shape index (κ1) is 16.9. The van der Waals surface area contributed by atoms with E-state index in [1.54, 1.807) is 17.0 Å². The van der Waals surface area contributed by atoms with Gasteiger partial charge in [-0.15, -0.1) is 0 Å². The van der Waals surface area contributed by atoms with Gasteiger partial charge in [-0.3, -0.25) is 9.59 Å². The highest BCUT2D eigenvalue weighted by atomic mass is 19.1. The molecular formula is C18H23FN2O3. The highest BCUT2D eigenvalue weighted by Gasteiger charge is 2.34. The van der Waals surface area contributed by atoms with Crippen LogP contribution in [-0.2, 0) is 20.7 Å². The fourth-order valence-corrected chi connectivity index (χ4v) is 3.24. The maximum atomic E-state index is 12.9. The molecule has 0 aliphatic carbocycles. The summed E-state index contributed by atoms with van der Waals surface area (Å²) in [4.78, 5) is 26.0. The van der Waals surface area contributed by atoms with Crippen LogP contribution in [0.4, 0.5) is 4.39 Å². The number of hydrogen-bond donors (Lipinski definition) is 1. The monoisotopic (exact) mass is 334 g/mol. The predicted octanol–water partition coefficient (Wildman–Crippen LogP) is 1.51. The minimum absolute atomic E-state index is 0.00868. The zero-order chi connectivity index (χ0) is 16.9. The predicted molar refractivity (Wildman–Crippen MR) is 86.8 cm³/mol. The molecule has 5 nitrogen and oxygen atoms in total. The van der Waals surface area contributed by atoms with Crippen LogP contribution < -0.4 is 5.32 Å². The number of likely N-dealkylation sites (tertiary alicyclic amines) is 1. The first-order valence-corrected chi connectivity index (χ1v) is 8.53. The molecule has 0 unspecified atom stereocenters. The zero-order valence-corrected chi connectivity index (χ0v) is 13.7. The molecule has 0 spiro atoms. The first-order valence-electron chi connectivity index (χ1n) is 8.53. The smallest absolute Gasteiger partial charge is 0.225 e. The summed E-state index contributed by atoms with van der Waals surface area (Å²) in [5, 5.41) is 2.90. The number of nitrogens with zero attached hydrogens (tertiary/aromatic N) is 1. The Morgan fingerprint density at radius 2 is 2.12 bits per heavy atom. The van der Waals surface area contributed by atoms with Gasteiger partial charge in [0.2, 0.25) is 11.8 Å². The molecule has 2 fully saturated rings. The average molecular weight is 334 g/mol. The summed E-state index contributed by atoms with van der Waals surface area (Å²) in [6.07, 6.45) is 3.06. The van der Waals surface area contributed by atoms with E-state index in [9.17, 15) is 14.0 Å². The van der Waals surface area contributed by atoms with Gasteiger partial charge in [0.25, 0.3) is 0 Å². The molecule has 0 bridgehead atoms. The van der Waals surface area contributed by atoms with Crippen molar-refractivity contribution >= 4 is 11.8 Å². The number of hydrogen-bond acceptors (Lipinski definition) is 3. The number of benzene rings is 1. The standard InChI is InChI=1S/C18H23FN2O3/c19-15-5-3-13(4-6-15)7-8-21-12-14(10-17(21)22)18(23)20-11-16-2-1-9-24-16/h3-6,14,16H,1-2,7-12H2,(H,20,23)/t14-,16+/m0/s1. The summed E-state index contributed by atoms with van der Waals surface area (Å²) in [5.41, 5.74) is 0.982. The maximum absolute atomic E-state index is 12.9. The molecule has 2 saturated heterocycles. The Morgan fingerprint density at radius 1 is 1.33 bits per heavy atom. The van der Waals surface area contributed by atoms with Crippen molar-refractivity contribution in [3.8, 4) is 0 Å². The molecule has 1 aromatic rings. The Balaban J connectivity index is 1.44. The van der Waals surface area contributed by atoms with Crippen LogP contribution in [0.1, 0.15) is 24.8 Å². The van der Waals surface area contributed by atoms with E-state index in [2.05, 4.69) is 5.32 Å². The third-order valence-corrected chi connectivity index (χ3v) is 4.70. The van der Waals surface area contributed by atoms with E-state index in [0.717, 1.165) is 25.0 Å². The summed E-state index contributed by atoms with van der Waals surface area (Å²) in [6, 6.07) is 6.29. The highest BCUT2D eigenvalue weighted by molar-refractivity contribution is 5.89. The van der Waals surface area contributed by atoms with E-state index >= 15 is 0 Å². The highest BCUT2D eigenvalue weighted by Crippen LogP contribution is 2.19. The Bertz CT molecular complexity index is 584. The lowest BCUT2D eigenvalue weighted by molar-refractivity contribution is -0.129. The van der Waals surface area contributed by atoms with Gasteiger partial charge in [-0.1, -0.05) is 12.1 Å². The average Bonchev–Trinajstić information content (AvgIpc) is 3.22. The van der Waals surface area contributed by atoms with Crippen LogP contribution in [-0.4, -0.2) is 49.1 Å². The zero-order valence-electron chi connectivity index (χ0n) is 13.7. The van der Waals surface area contributed by atoms with Gasteiger partial charge in [0.15, 0.2) is 0 Å². The van der Waals surface area contributed by atoms with Gasteiger partial charge in [0.05, 0.1) is 12.0 Å². The second kappa shape index (κ2) is 7.75. The number of carbonyl (C=O) groups excluding carboxylic acids is 2. The molecule has 6 heteroatoms. The van der Waals surface area contributed by atoms with Crippen LogP contribution in [0.25, 0.3) is 0 Å². The normalized spacial score (nSPS) is 23.7. The molecule has 1 aromatic carbocycles. The molecule has 2 aliphatic heterocycles. The van der Waals surface area contributed by atoms with Crippen molar-refractivity contribution in [3.05, 3.63) is 35.6 Å². The SMILES string of the molecule is O=C(NC[C@H]1CCCO1)[C@H]1CC(=O)N(CCc2ccc(F)cc2)C1. The lowest BCUT2D eigenvalue weighted by atomic mass is 10.1. The van der Waals surface area contributed by atoms with Gasteiger partial charge in [-0.25, -0.2) is 4.39 Å². The maximum Gasteiger partial charge on any atom is 0.225 e. The summed E-state index contributed by atoms with van der Waals surface area (Å²) < 4.78 is 18.4. The van der Waals surface area contributed by atoms with Crippen molar-refractivity contribution in [3.63, 3.8) is 0 Å². The van der Waals surface area contributed by atoms with E-state index in [0.29, 0.717) is 26.1 Å². The number of rotatable bonds is 6. The van der Waals surface area contributed by atoms with Gasteiger partial charge < -0.3 is 15.0 Å². The molecule has 2 amide bonds. The lowest BCUT2D eigenvalue weighted by Crippen LogP contribution is -2.37. The molecule has 0 saturated carbocycles. The second-order valence-corrected chi connectivity index (χ2v) is 6.50. The van der Waals surface area contributed by atoms with Crippen LogP contribution in [0.3, 0.4) is 0 Å². The quantitative estimate of drug-likeness (QED) is 0.858. The molecule has 2 aliphatic rings. The topological polar surface area (TPSA) is 58.6 Å². The van der Waals surface area contributed by atoms with E-state index in [4.69, 9.17) is 4.74 Å². The van der Waals surface area contributed by atoms with Crippen molar-refractivity contribution < 1.29 is 18.7 Å². The Morgan fingerprint density at radius 3 is 2.83 bits per heavy atom. The van der Waals surface area contributed by atoms with Gasteiger partial charge in [-0.05, 0) is 37.0 Å². The van der Waals surface area contributed by atoms with Gasteiger partial charge in [-0.2, -0.15) is 0 Å². The van der Waals surface area contributed by atoms with E-state index in [1.807, 2.05) is 0 Å². The van der Waals surface area contributed by atoms with Crippen LogP contribution in [0.5, 0.6) is 0 Å². The third kappa shape index (κ3) is 4.32. The van der Waals surface area contributed by atoms with Crippen molar-refractivity contribution in [1.29, 1.82) is 0 Å². The van der Waals surface area contributed by atoms with Crippen molar-refractivity contribution in [1.82, 2.24) is 10.2 Å². The Labute approximate surface area is 141 Å². The van der Waals surface area contributed by atoms with Crippen LogP contribution in [0.15, 0.2) is 24.3 Å². The van der Waals surface area contributed by atoms with Gasteiger partial charge in [0, 0.05) is 32.7 Å². The van der Waals surface area contributed by atoms with Crippen LogP contribution in [0, 0.1) is 11.7 Å². The molecule has 1 N–H and O–H groups in total. The van der Waals surface area contributed by atoms with E-state index in [1.165, 1.54) is 12.1 Å². The Kier molecular flexibility index (Phi) is 5.45. The number of amides is 2. The van der Waals surface area contributed by atoms with Crippen LogP contribution >= 0.6 is 0 Å². The largest absolute Gasteiger partial charge is 0.376 e. The fourth-order valence-electron chi connectivity index (χ4n) is 3.24. The minimum Gasteiger partial charge on any atom is -0.376 e. The molecule has 24 heavy (non-hydrogen) atoms. The van der Waals surface area contributed by atoms with E-state index < -0.39 is 0 Å². The van der Waals surface area contributed by atoms with Gasteiger partial charge in [0.1, 0.15) is 5.82 Å². The minimum atomic E-state index is -0.285. The number of nitrogens with one attached hydrogen (secondary N) is 1. The third-order valence-electron chi connectivity index (χ3n) is 4.70. The molecule has 3 rings (SSSR count). The molecule has 2 heterocycles. The first-order chi connectivity index (χ1) is 11.6. The van der Waals surface area contributed by atoms with Crippen LogP contribution in [0.2, 0.25) is 0 Å². The van der Waals surface area contributed by atoms with E-state index in [-0.39, 0.29) is 36.1 Å². The Hall–Kier alpha value is -1.95. The number of carbonyl (C=O) groups is 2. The van der Waals surface area contributed by atoms with Crippen molar-refractivity contribution in [2.45, 2.75) is 31.8 Å². The molecule has 0 radical (unpaired) electrons. The molecule has 2 atom stereocenters. The lowest BCUT2D eigenvalue weighted by Gasteiger charge is -2.17. The summed E-state index contributed by atoms with van der Waals surface area (Å²) in [5.74, 6) is -0.608. The van der Waals surface area contributed by atoms with Gasteiger partial charge >= 0.3 is 0 Å². The number of halogens is 1.